The number of aryl methyl sites for hydroxylation is 1. The highest BCUT2D eigenvalue weighted by Gasteiger charge is 2.49. The second-order valence-corrected chi connectivity index (χ2v) is 12.3. The average molecular weight is 488 g/mol. The molecular weight excluding hydrogens is 450 g/mol. The first-order chi connectivity index (χ1) is 16.9. The number of ketones is 2. The number of hydrogen-bond donors (Lipinski definition) is 2. The second kappa shape index (κ2) is 8.31. The Morgan fingerprint density at radius 2 is 1.75 bits per heavy atom. The highest BCUT2D eigenvalue weighted by atomic mass is 16.3. The molecule has 2 aromatic rings. The molecule has 2 N–H and O–H groups in total. The predicted molar refractivity (Wildman–Crippen MR) is 141 cm³/mol. The predicted octanol–water partition coefficient (Wildman–Crippen LogP) is 5.92. The maximum Gasteiger partial charge on any atom is 0.198 e. The van der Waals surface area contributed by atoms with Gasteiger partial charge in [0.05, 0.1) is 11.1 Å². The summed E-state index contributed by atoms with van der Waals surface area (Å²) >= 11 is 0. The van der Waals surface area contributed by atoms with E-state index in [2.05, 4.69) is 45.6 Å². The number of aromatic hydroxyl groups is 2. The Balaban J connectivity index is 1.59. The van der Waals surface area contributed by atoms with Gasteiger partial charge in [0.2, 0.25) is 0 Å². The molecule has 1 aliphatic heterocycles. The highest BCUT2D eigenvalue weighted by Crippen LogP contribution is 2.57. The zero-order chi connectivity index (χ0) is 26.2. The van der Waals surface area contributed by atoms with Crippen LogP contribution in [0.2, 0.25) is 0 Å². The van der Waals surface area contributed by atoms with E-state index in [1.165, 1.54) is 5.57 Å². The largest absolute Gasteiger partial charge is 0.507 e. The normalized spacial score (nSPS) is 24.2. The standard InChI is InChI=1S/C31H37NO4/c1-17-10-12-32(13-11-17)16-30(4,5)31(6)14-19(3)23-21(15-31)27(34)24-25(29(23)36)28(35)22-18(2)8-7-9-20(22)26(24)33/h7-10,19,34,36H,11-16H2,1-6H3. The molecule has 1 heterocycles. The number of nitrogens with zero attached hydrogens (tertiary/aromatic N) is 1. The van der Waals surface area contributed by atoms with Gasteiger partial charge < -0.3 is 10.2 Å². The molecule has 0 amide bonds. The Morgan fingerprint density at radius 3 is 2.42 bits per heavy atom. The first-order valence-corrected chi connectivity index (χ1v) is 13.0. The third-order valence-electron chi connectivity index (χ3n) is 9.38. The number of carbonyl (C=O) groups excluding carboxylic acids is 2. The molecule has 0 radical (unpaired) electrons. The van der Waals surface area contributed by atoms with Crippen molar-refractivity contribution in [2.45, 2.75) is 66.7 Å². The zero-order valence-corrected chi connectivity index (χ0v) is 22.3. The molecule has 5 heteroatoms. The molecule has 0 saturated carbocycles. The smallest absolute Gasteiger partial charge is 0.198 e. The van der Waals surface area contributed by atoms with E-state index in [0.717, 1.165) is 32.5 Å². The van der Waals surface area contributed by atoms with Crippen molar-refractivity contribution in [2.75, 3.05) is 19.6 Å². The number of rotatable bonds is 3. The molecule has 2 aromatic carbocycles. The van der Waals surface area contributed by atoms with Crippen LogP contribution in [-0.4, -0.2) is 46.3 Å². The second-order valence-electron chi connectivity index (χ2n) is 12.3. The minimum absolute atomic E-state index is 0.0387. The van der Waals surface area contributed by atoms with Crippen molar-refractivity contribution in [3.8, 4) is 11.5 Å². The Kier molecular flexibility index (Phi) is 5.71. The van der Waals surface area contributed by atoms with Crippen LogP contribution in [0.3, 0.4) is 0 Å². The molecular formula is C31H37NO4. The lowest BCUT2D eigenvalue weighted by Crippen LogP contribution is -2.48. The van der Waals surface area contributed by atoms with Crippen LogP contribution < -0.4 is 0 Å². The van der Waals surface area contributed by atoms with Gasteiger partial charge in [-0.05, 0) is 55.4 Å². The number of phenolic OH excluding ortho intramolecular Hbond substituents is 2. The first-order valence-electron chi connectivity index (χ1n) is 13.0. The molecule has 5 nitrogen and oxygen atoms in total. The molecule has 0 fully saturated rings. The summed E-state index contributed by atoms with van der Waals surface area (Å²) in [5.74, 6) is -1.11. The van der Waals surface area contributed by atoms with Gasteiger partial charge in [-0.3, -0.25) is 14.5 Å². The topological polar surface area (TPSA) is 77.8 Å². The van der Waals surface area contributed by atoms with Crippen LogP contribution >= 0.6 is 0 Å². The fraction of sp³-hybridized carbons (Fsp3) is 0.484. The van der Waals surface area contributed by atoms with Crippen molar-refractivity contribution in [3.63, 3.8) is 0 Å². The maximum absolute atomic E-state index is 13.6. The SMILES string of the molecule is CC1=CCN(CC(C)(C)C2(C)Cc3c(O)c4c(c(O)c3C(C)C2)C(=O)c2c(C)cccc2C4=O)CC1. The van der Waals surface area contributed by atoms with E-state index >= 15 is 0 Å². The van der Waals surface area contributed by atoms with Crippen molar-refractivity contribution >= 4 is 11.6 Å². The zero-order valence-electron chi connectivity index (χ0n) is 22.3. The summed E-state index contributed by atoms with van der Waals surface area (Å²) in [5, 5.41) is 23.0. The van der Waals surface area contributed by atoms with Crippen molar-refractivity contribution in [1.82, 2.24) is 4.90 Å². The minimum atomic E-state index is -0.395. The van der Waals surface area contributed by atoms with Crippen LogP contribution in [-0.2, 0) is 6.42 Å². The molecule has 36 heavy (non-hydrogen) atoms. The minimum Gasteiger partial charge on any atom is -0.507 e. The van der Waals surface area contributed by atoms with Crippen molar-refractivity contribution < 1.29 is 19.8 Å². The summed E-state index contributed by atoms with van der Waals surface area (Å²) < 4.78 is 0. The number of carbonyl (C=O) groups is 2. The van der Waals surface area contributed by atoms with E-state index in [4.69, 9.17) is 0 Å². The summed E-state index contributed by atoms with van der Waals surface area (Å²) in [5.41, 5.74) is 3.65. The van der Waals surface area contributed by atoms with E-state index in [0.29, 0.717) is 34.2 Å². The monoisotopic (exact) mass is 487 g/mol. The van der Waals surface area contributed by atoms with Crippen LogP contribution in [0.5, 0.6) is 11.5 Å². The summed E-state index contributed by atoms with van der Waals surface area (Å²) in [6.45, 7) is 15.8. The Hall–Kier alpha value is -2.92. The van der Waals surface area contributed by atoms with Crippen LogP contribution in [0.15, 0.2) is 29.8 Å². The van der Waals surface area contributed by atoms with Crippen LogP contribution in [0.25, 0.3) is 0 Å². The molecule has 2 aliphatic carbocycles. The lowest BCUT2D eigenvalue weighted by atomic mass is 9.55. The van der Waals surface area contributed by atoms with Crippen LogP contribution in [0, 0.1) is 17.8 Å². The van der Waals surface area contributed by atoms with E-state index in [1.54, 1.807) is 25.1 Å². The lowest BCUT2D eigenvalue weighted by Gasteiger charge is -2.51. The van der Waals surface area contributed by atoms with Gasteiger partial charge in [0.25, 0.3) is 0 Å². The molecule has 0 saturated heterocycles. The van der Waals surface area contributed by atoms with Gasteiger partial charge in [-0.2, -0.15) is 0 Å². The molecule has 0 spiro atoms. The first kappa shape index (κ1) is 24.8. The lowest BCUT2D eigenvalue weighted by molar-refractivity contribution is 0.0250. The molecule has 3 aliphatic rings. The van der Waals surface area contributed by atoms with Crippen LogP contribution in [0.1, 0.15) is 102 Å². The Morgan fingerprint density at radius 1 is 1.06 bits per heavy atom. The van der Waals surface area contributed by atoms with Gasteiger partial charge >= 0.3 is 0 Å². The average Bonchev–Trinajstić information content (AvgIpc) is 2.80. The van der Waals surface area contributed by atoms with Gasteiger partial charge in [-0.1, -0.05) is 57.5 Å². The number of phenols is 2. The number of fused-ring (bicyclic) bond motifs is 3. The van der Waals surface area contributed by atoms with Crippen molar-refractivity contribution in [3.05, 3.63) is 68.8 Å². The van der Waals surface area contributed by atoms with E-state index in [1.807, 2.05) is 0 Å². The maximum atomic E-state index is 13.6. The Bertz CT molecular complexity index is 1330. The van der Waals surface area contributed by atoms with Crippen molar-refractivity contribution in [1.29, 1.82) is 0 Å². The van der Waals surface area contributed by atoms with Gasteiger partial charge in [-0.15, -0.1) is 0 Å². The van der Waals surface area contributed by atoms with E-state index in [9.17, 15) is 19.8 Å². The summed E-state index contributed by atoms with van der Waals surface area (Å²) in [6, 6.07) is 5.17. The fourth-order valence-electron chi connectivity index (χ4n) is 6.82. The summed E-state index contributed by atoms with van der Waals surface area (Å²) in [6.07, 6.45) is 4.75. The van der Waals surface area contributed by atoms with E-state index in [-0.39, 0.29) is 45.2 Å². The van der Waals surface area contributed by atoms with E-state index < -0.39 is 5.78 Å². The Labute approximate surface area is 213 Å². The molecule has 0 aromatic heterocycles. The summed E-state index contributed by atoms with van der Waals surface area (Å²) in [4.78, 5) is 29.6. The summed E-state index contributed by atoms with van der Waals surface area (Å²) in [7, 11) is 0. The number of benzene rings is 2. The van der Waals surface area contributed by atoms with Gasteiger partial charge in [-0.25, -0.2) is 0 Å². The van der Waals surface area contributed by atoms with Gasteiger partial charge in [0, 0.05) is 41.9 Å². The third-order valence-corrected chi connectivity index (χ3v) is 9.38. The third kappa shape index (κ3) is 3.54. The molecule has 2 atom stereocenters. The van der Waals surface area contributed by atoms with Gasteiger partial charge in [0.15, 0.2) is 11.6 Å². The molecule has 5 rings (SSSR count). The highest BCUT2D eigenvalue weighted by molar-refractivity contribution is 6.31. The van der Waals surface area contributed by atoms with Crippen LogP contribution in [0.4, 0.5) is 0 Å². The number of hydrogen-bond acceptors (Lipinski definition) is 5. The van der Waals surface area contributed by atoms with Crippen molar-refractivity contribution in [2.24, 2.45) is 10.8 Å². The van der Waals surface area contributed by atoms with Gasteiger partial charge in [0.1, 0.15) is 11.5 Å². The quantitative estimate of drug-likeness (QED) is 0.354. The molecule has 0 bridgehead atoms. The molecule has 2 unspecified atom stereocenters. The fourth-order valence-corrected chi connectivity index (χ4v) is 6.82. The molecule has 190 valence electrons.